The summed E-state index contributed by atoms with van der Waals surface area (Å²) in [7, 11) is 0. The summed E-state index contributed by atoms with van der Waals surface area (Å²) >= 11 is 5.47. The van der Waals surface area contributed by atoms with E-state index < -0.39 is 0 Å². The van der Waals surface area contributed by atoms with Crippen LogP contribution in [-0.2, 0) is 0 Å². The lowest BCUT2D eigenvalue weighted by atomic mass is 10.3. The maximum atomic E-state index is 8.19. The van der Waals surface area contributed by atoms with Crippen LogP contribution >= 0.6 is 11.6 Å². The maximum absolute atomic E-state index is 8.19. The summed E-state index contributed by atoms with van der Waals surface area (Å²) in [6.45, 7) is 6.79. The summed E-state index contributed by atoms with van der Waals surface area (Å²) in [4.78, 5) is 0. The van der Waals surface area contributed by atoms with Gasteiger partial charge in [0.25, 0.3) is 0 Å². The van der Waals surface area contributed by atoms with Gasteiger partial charge in [-0.25, -0.2) is 0 Å². The third-order valence-electron chi connectivity index (χ3n) is 0.651. The van der Waals surface area contributed by atoms with Gasteiger partial charge in [-0.3, -0.25) is 0 Å². The van der Waals surface area contributed by atoms with Gasteiger partial charge in [0.2, 0.25) is 0 Å². The molecular formula is C7H6ClN. The highest BCUT2D eigenvalue weighted by molar-refractivity contribution is 6.31. The molecule has 0 amide bonds. The minimum Gasteiger partial charge on any atom is -0.192 e. The lowest BCUT2D eigenvalue weighted by molar-refractivity contribution is 1.50. The molecule has 0 aromatic carbocycles. The van der Waals surface area contributed by atoms with Gasteiger partial charge in [-0.1, -0.05) is 30.8 Å². The van der Waals surface area contributed by atoms with Gasteiger partial charge < -0.3 is 0 Å². The number of halogens is 1. The van der Waals surface area contributed by atoms with E-state index in [1.54, 1.807) is 0 Å². The number of nitriles is 1. The fraction of sp³-hybridized carbons (Fsp3) is 0. The Kier molecular flexibility index (Phi) is 3.50. The second-order valence-corrected chi connectivity index (χ2v) is 1.81. The van der Waals surface area contributed by atoms with E-state index in [2.05, 4.69) is 13.2 Å². The molecule has 2 heteroatoms. The number of allylic oxidation sites excluding steroid dienone is 4. The highest BCUT2D eigenvalue weighted by atomic mass is 35.5. The smallest absolute Gasteiger partial charge is 0.0985 e. The van der Waals surface area contributed by atoms with Crippen LogP contribution in [0.2, 0.25) is 0 Å². The molecule has 0 aromatic heterocycles. The summed E-state index contributed by atoms with van der Waals surface area (Å²) < 4.78 is 0. The van der Waals surface area contributed by atoms with E-state index >= 15 is 0 Å². The van der Waals surface area contributed by atoms with Crippen LogP contribution in [0, 0.1) is 11.3 Å². The van der Waals surface area contributed by atoms with Crippen molar-refractivity contribution in [3.8, 4) is 6.07 Å². The van der Waals surface area contributed by atoms with Crippen molar-refractivity contribution in [3.05, 3.63) is 35.9 Å². The largest absolute Gasteiger partial charge is 0.192 e. The van der Waals surface area contributed by atoms with Crippen LogP contribution in [-0.4, -0.2) is 0 Å². The van der Waals surface area contributed by atoms with Crippen molar-refractivity contribution in [2.75, 3.05) is 0 Å². The van der Waals surface area contributed by atoms with E-state index in [0.29, 0.717) is 10.6 Å². The molecule has 0 heterocycles. The Bertz CT molecular complexity index is 195. The Morgan fingerprint density at radius 3 is 2.56 bits per heavy atom. The summed E-state index contributed by atoms with van der Waals surface area (Å²) in [6, 6.07) is 1.83. The topological polar surface area (TPSA) is 23.8 Å². The number of nitrogens with zero attached hydrogens (tertiary/aromatic N) is 1. The van der Waals surface area contributed by atoms with Crippen LogP contribution in [0.4, 0.5) is 0 Å². The fourth-order valence-electron chi connectivity index (χ4n) is 0.258. The zero-order valence-corrected chi connectivity index (χ0v) is 5.65. The van der Waals surface area contributed by atoms with Crippen molar-refractivity contribution < 1.29 is 0 Å². The quantitative estimate of drug-likeness (QED) is 0.426. The molecule has 0 N–H and O–H groups in total. The van der Waals surface area contributed by atoms with Gasteiger partial charge in [0.05, 0.1) is 6.07 Å². The van der Waals surface area contributed by atoms with Gasteiger partial charge in [-0.2, -0.15) is 5.26 Å². The van der Waals surface area contributed by atoms with Crippen molar-refractivity contribution >= 4 is 11.6 Å². The molecule has 46 valence electrons. The fourth-order valence-corrected chi connectivity index (χ4v) is 0.389. The van der Waals surface area contributed by atoms with E-state index in [0.717, 1.165) is 0 Å². The van der Waals surface area contributed by atoms with E-state index in [1.165, 1.54) is 12.2 Å². The molecule has 0 aliphatic carbocycles. The van der Waals surface area contributed by atoms with Crippen LogP contribution in [0.25, 0.3) is 0 Å². The first-order valence-corrected chi connectivity index (χ1v) is 2.67. The zero-order valence-electron chi connectivity index (χ0n) is 4.89. The number of hydrogen-bond acceptors (Lipinski definition) is 1. The second kappa shape index (κ2) is 3.94. The van der Waals surface area contributed by atoms with E-state index in [9.17, 15) is 0 Å². The molecule has 0 bridgehead atoms. The van der Waals surface area contributed by atoms with Crippen LogP contribution in [0.3, 0.4) is 0 Å². The summed E-state index contributed by atoms with van der Waals surface area (Å²) in [5.74, 6) is 0. The SMILES string of the molecule is C=CC(Cl)=CC(=C)C#N. The van der Waals surface area contributed by atoms with Gasteiger partial charge in [0.15, 0.2) is 0 Å². The van der Waals surface area contributed by atoms with Gasteiger partial charge in [0, 0.05) is 10.6 Å². The molecule has 0 aromatic rings. The van der Waals surface area contributed by atoms with E-state index in [4.69, 9.17) is 16.9 Å². The third-order valence-corrected chi connectivity index (χ3v) is 0.914. The third kappa shape index (κ3) is 3.57. The van der Waals surface area contributed by atoms with Crippen LogP contribution in [0.1, 0.15) is 0 Å². The van der Waals surface area contributed by atoms with Crippen molar-refractivity contribution in [1.29, 1.82) is 5.26 Å². The first-order valence-electron chi connectivity index (χ1n) is 2.29. The van der Waals surface area contributed by atoms with Gasteiger partial charge in [-0.05, 0) is 6.08 Å². The van der Waals surface area contributed by atoms with Crippen molar-refractivity contribution in [2.24, 2.45) is 0 Å². The minimum absolute atomic E-state index is 0.333. The van der Waals surface area contributed by atoms with Gasteiger partial charge in [-0.15, -0.1) is 0 Å². The summed E-state index contributed by atoms with van der Waals surface area (Å²) in [6.07, 6.45) is 2.90. The van der Waals surface area contributed by atoms with Crippen molar-refractivity contribution in [2.45, 2.75) is 0 Å². The lowest BCUT2D eigenvalue weighted by Crippen LogP contribution is -1.66. The van der Waals surface area contributed by atoms with Crippen molar-refractivity contribution in [3.63, 3.8) is 0 Å². The monoisotopic (exact) mass is 139 g/mol. The first-order chi connectivity index (χ1) is 4.20. The molecule has 0 saturated carbocycles. The van der Waals surface area contributed by atoms with E-state index in [-0.39, 0.29) is 0 Å². The molecule has 0 unspecified atom stereocenters. The molecule has 0 rings (SSSR count). The van der Waals surface area contributed by atoms with Gasteiger partial charge in [0.1, 0.15) is 0 Å². The Morgan fingerprint density at radius 1 is 1.67 bits per heavy atom. The first kappa shape index (κ1) is 8.00. The van der Waals surface area contributed by atoms with Gasteiger partial charge >= 0.3 is 0 Å². The average Bonchev–Trinajstić information content (AvgIpc) is 1.87. The molecule has 9 heavy (non-hydrogen) atoms. The molecule has 0 aliphatic heterocycles. The molecular weight excluding hydrogens is 134 g/mol. The molecule has 0 fully saturated rings. The van der Waals surface area contributed by atoms with Crippen LogP contribution < -0.4 is 0 Å². The minimum atomic E-state index is 0.333. The number of hydrogen-bond donors (Lipinski definition) is 0. The van der Waals surface area contributed by atoms with Crippen LogP contribution in [0.15, 0.2) is 35.9 Å². The molecule has 0 aliphatic rings. The summed E-state index contributed by atoms with van der Waals surface area (Å²) in [5.41, 5.74) is 0.333. The predicted molar refractivity (Wildman–Crippen MR) is 38.9 cm³/mol. The van der Waals surface area contributed by atoms with E-state index in [1.807, 2.05) is 6.07 Å². The average molecular weight is 140 g/mol. The second-order valence-electron chi connectivity index (χ2n) is 1.37. The Morgan fingerprint density at radius 2 is 2.22 bits per heavy atom. The highest BCUT2D eigenvalue weighted by Crippen LogP contribution is 2.04. The summed E-state index contributed by atoms with van der Waals surface area (Å²) in [5, 5.41) is 8.62. The standard InChI is InChI=1S/C7H6ClN/c1-3-7(8)4-6(2)5-9/h3-4H,1-2H2. The Labute approximate surface area is 59.6 Å². The normalized spacial score (nSPS) is 10.0. The molecule has 0 atom stereocenters. The van der Waals surface area contributed by atoms with Crippen molar-refractivity contribution in [1.82, 2.24) is 0 Å². The molecule has 0 saturated heterocycles. The lowest BCUT2D eigenvalue weighted by Gasteiger charge is -1.83. The number of rotatable bonds is 2. The Balaban J connectivity index is 4.16. The molecule has 1 nitrogen and oxygen atoms in total. The molecule has 0 spiro atoms. The zero-order chi connectivity index (χ0) is 7.28. The molecule has 0 radical (unpaired) electrons. The van der Waals surface area contributed by atoms with Crippen LogP contribution in [0.5, 0.6) is 0 Å². The Hall–Kier alpha value is -1.00. The maximum Gasteiger partial charge on any atom is 0.0985 e. The predicted octanol–water partition coefficient (Wildman–Crippen LogP) is 2.37. The highest BCUT2D eigenvalue weighted by Gasteiger charge is 1.84.